The van der Waals surface area contributed by atoms with Crippen LogP contribution in [0.4, 0.5) is 16.2 Å². The number of carboxylic acids is 1. The molecule has 0 spiro atoms. The SMILES string of the molecule is COc1cc(CC(=O)NCc2cccc(CC(C)C(=O)O)c2)ccc1NC(=O)Nc1ccccc1C. The van der Waals surface area contributed by atoms with E-state index in [9.17, 15) is 14.4 Å². The van der Waals surface area contributed by atoms with Gasteiger partial charge in [0.25, 0.3) is 0 Å². The summed E-state index contributed by atoms with van der Waals surface area (Å²) in [6.07, 6.45) is 0.571. The third kappa shape index (κ3) is 7.59. The number of carbonyl (C=O) groups is 3. The summed E-state index contributed by atoms with van der Waals surface area (Å²) in [5, 5.41) is 17.6. The summed E-state index contributed by atoms with van der Waals surface area (Å²) in [6.45, 7) is 3.92. The predicted molar refractivity (Wildman–Crippen MR) is 139 cm³/mol. The van der Waals surface area contributed by atoms with Crippen molar-refractivity contribution in [2.75, 3.05) is 17.7 Å². The van der Waals surface area contributed by atoms with Gasteiger partial charge in [-0.05, 0) is 53.8 Å². The Bertz CT molecular complexity index is 1240. The quantitative estimate of drug-likeness (QED) is 0.327. The van der Waals surface area contributed by atoms with Crippen LogP contribution in [0.25, 0.3) is 0 Å². The van der Waals surface area contributed by atoms with Gasteiger partial charge in [-0.25, -0.2) is 4.79 Å². The summed E-state index contributed by atoms with van der Waals surface area (Å²) >= 11 is 0. The van der Waals surface area contributed by atoms with Crippen LogP contribution >= 0.6 is 0 Å². The summed E-state index contributed by atoms with van der Waals surface area (Å²) in [5.74, 6) is -1.03. The molecule has 1 unspecified atom stereocenters. The molecule has 3 aromatic rings. The third-order valence-electron chi connectivity index (χ3n) is 5.72. The van der Waals surface area contributed by atoms with E-state index >= 15 is 0 Å². The first-order chi connectivity index (χ1) is 17.2. The van der Waals surface area contributed by atoms with Gasteiger partial charge in [0.05, 0.1) is 25.1 Å². The Morgan fingerprint density at radius 3 is 2.33 bits per heavy atom. The second-order valence-corrected chi connectivity index (χ2v) is 8.65. The van der Waals surface area contributed by atoms with Crippen LogP contribution in [0.3, 0.4) is 0 Å². The number of hydrogen-bond acceptors (Lipinski definition) is 4. The molecule has 0 fully saturated rings. The van der Waals surface area contributed by atoms with Crippen molar-refractivity contribution in [2.45, 2.75) is 33.2 Å². The van der Waals surface area contributed by atoms with Crippen LogP contribution in [0, 0.1) is 12.8 Å². The van der Waals surface area contributed by atoms with Gasteiger partial charge in [0.2, 0.25) is 5.91 Å². The lowest BCUT2D eigenvalue weighted by Crippen LogP contribution is -2.24. The number of para-hydroxylation sites is 1. The zero-order chi connectivity index (χ0) is 26.1. The number of aryl methyl sites for hydroxylation is 1. The lowest BCUT2D eigenvalue weighted by molar-refractivity contribution is -0.141. The van der Waals surface area contributed by atoms with Crippen molar-refractivity contribution in [1.29, 1.82) is 0 Å². The number of nitrogens with one attached hydrogen (secondary N) is 3. The van der Waals surface area contributed by atoms with E-state index in [1.54, 1.807) is 25.1 Å². The molecule has 3 amide bonds. The molecule has 0 heterocycles. The average molecular weight is 490 g/mol. The first-order valence-corrected chi connectivity index (χ1v) is 11.6. The van der Waals surface area contributed by atoms with Gasteiger partial charge >= 0.3 is 12.0 Å². The number of ether oxygens (including phenoxy) is 1. The fourth-order valence-corrected chi connectivity index (χ4v) is 3.69. The third-order valence-corrected chi connectivity index (χ3v) is 5.72. The van der Waals surface area contributed by atoms with Gasteiger partial charge in [-0.2, -0.15) is 0 Å². The molecule has 0 radical (unpaired) electrons. The Morgan fingerprint density at radius 1 is 0.889 bits per heavy atom. The van der Waals surface area contributed by atoms with Crippen LogP contribution in [0.5, 0.6) is 5.75 Å². The monoisotopic (exact) mass is 489 g/mol. The highest BCUT2D eigenvalue weighted by Crippen LogP contribution is 2.26. The Morgan fingerprint density at radius 2 is 1.61 bits per heavy atom. The van der Waals surface area contributed by atoms with Gasteiger partial charge in [0.1, 0.15) is 5.75 Å². The van der Waals surface area contributed by atoms with Crippen molar-refractivity contribution in [3.05, 3.63) is 89.0 Å². The van der Waals surface area contributed by atoms with Crippen LogP contribution in [-0.2, 0) is 29.0 Å². The van der Waals surface area contributed by atoms with Crippen molar-refractivity contribution >= 4 is 29.3 Å². The Kier molecular flexibility index (Phi) is 9.05. The molecule has 0 saturated carbocycles. The molecular weight excluding hydrogens is 458 g/mol. The molecule has 188 valence electrons. The molecule has 0 aliphatic heterocycles. The van der Waals surface area contributed by atoms with Crippen molar-refractivity contribution in [2.24, 2.45) is 5.92 Å². The molecule has 0 bridgehead atoms. The maximum Gasteiger partial charge on any atom is 0.323 e. The zero-order valence-electron chi connectivity index (χ0n) is 20.6. The molecule has 1 atom stereocenters. The van der Waals surface area contributed by atoms with Gasteiger partial charge in [-0.15, -0.1) is 0 Å². The molecular formula is C28H31N3O5. The van der Waals surface area contributed by atoms with E-state index in [-0.39, 0.29) is 12.3 Å². The average Bonchev–Trinajstić information content (AvgIpc) is 2.85. The minimum absolute atomic E-state index is 0.141. The molecule has 8 nitrogen and oxygen atoms in total. The summed E-state index contributed by atoms with van der Waals surface area (Å²) in [7, 11) is 1.50. The minimum atomic E-state index is -0.836. The summed E-state index contributed by atoms with van der Waals surface area (Å²) in [6, 6.07) is 19.8. The van der Waals surface area contributed by atoms with E-state index in [2.05, 4.69) is 16.0 Å². The molecule has 0 aromatic heterocycles. The number of hydrogen-bond donors (Lipinski definition) is 4. The normalized spacial score (nSPS) is 11.3. The van der Waals surface area contributed by atoms with Gasteiger partial charge in [0, 0.05) is 12.2 Å². The number of carbonyl (C=O) groups excluding carboxylic acids is 2. The second kappa shape index (κ2) is 12.4. The van der Waals surface area contributed by atoms with Crippen LogP contribution < -0.4 is 20.7 Å². The highest BCUT2D eigenvalue weighted by Gasteiger charge is 2.13. The van der Waals surface area contributed by atoms with Crippen LogP contribution in [-0.4, -0.2) is 30.1 Å². The highest BCUT2D eigenvalue weighted by molar-refractivity contribution is 6.01. The molecule has 3 aromatic carbocycles. The molecule has 3 rings (SSSR count). The topological polar surface area (TPSA) is 117 Å². The second-order valence-electron chi connectivity index (χ2n) is 8.65. The Balaban J connectivity index is 1.56. The minimum Gasteiger partial charge on any atom is -0.495 e. The summed E-state index contributed by atoms with van der Waals surface area (Å²) < 4.78 is 5.42. The lowest BCUT2D eigenvalue weighted by Gasteiger charge is -2.14. The number of methoxy groups -OCH3 is 1. The van der Waals surface area contributed by atoms with Crippen molar-refractivity contribution in [1.82, 2.24) is 5.32 Å². The molecule has 4 N–H and O–H groups in total. The number of benzene rings is 3. The summed E-state index contributed by atoms with van der Waals surface area (Å²) in [5.41, 5.74) is 4.69. The molecule has 0 aliphatic carbocycles. The molecule has 8 heteroatoms. The van der Waals surface area contributed by atoms with Crippen molar-refractivity contribution in [3.63, 3.8) is 0 Å². The van der Waals surface area contributed by atoms with E-state index in [1.807, 2.05) is 55.5 Å². The summed E-state index contributed by atoms with van der Waals surface area (Å²) in [4.78, 5) is 36.0. The van der Waals surface area contributed by atoms with E-state index in [0.29, 0.717) is 30.1 Å². The number of amides is 3. The van der Waals surface area contributed by atoms with E-state index in [4.69, 9.17) is 9.84 Å². The Hall–Kier alpha value is -4.33. The fraction of sp³-hybridized carbons (Fsp3) is 0.250. The molecule has 36 heavy (non-hydrogen) atoms. The van der Waals surface area contributed by atoms with E-state index in [1.165, 1.54) is 7.11 Å². The Labute approximate surface area is 210 Å². The van der Waals surface area contributed by atoms with Crippen LogP contribution in [0.15, 0.2) is 66.7 Å². The van der Waals surface area contributed by atoms with Gasteiger partial charge < -0.3 is 25.8 Å². The number of aliphatic carboxylic acids is 1. The van der Waals surface area contributed by atoms with E-state index < -0.39 is 17.9 Å². The lowest BCUT2D eigenvalue weighted by atomic mass is 9.99. The number of carboxylic acid groups (broad SMARTS) is 1. The van der Waals surface area contributed by atoms with Crippen molar-refractivity contribution in [3.8, 4) is 5.75 Å². The van der Waals surface area contributed by atoms with Crippen LogP contribution in [0.2, 0.25) is 0 Å². The van der Waals surface area contributed by atoms with Gasteiger partial charge in [0.15, 0.2) is 0 Å². The first kappa shape index (κ1) is 26.3. The zero-order valence-corrected chi connectivity index (χ0v) is 20.6. The number of rotatable bonds is 10. The maximum atomic E-state index is 12.5. The maximum absolute atomic E-state index is 12.5. The van der Waals surface area contributed by atoms with Crippen molar-refractivity contribution < 1.29 is 24.2 Å². The van der Waals surface area contributed by atoms with E-state index in [0.717, 1.165) is 22.3 Å². The van der Waals surface area contributed by atoms with Gasteiger partial charge in [-0.1, -0.05) is 55.5 Å². The highest BCUT2D eigenvalue weighted by atomic mass is 16.5. The first-order valence-electron chi connectivity index (χ1n) is 11.6. The molecule has 0 saturated heterocycles. The molecule has 0 aliphatic rings. The standard InChI is InChI=1S/C28H31N3O5/c1-18-7-4-5-10-23(18)30-28(35)31-24-12-11-21(15-25(24)36-3)16-26(32)29-17-22-9-6-8-20(14-22)13-19(2)27(33)34/h4-12,14-15,19H,13,16-17H2,1-3H3,(H,29,32)(H,33,34)(H2,30,31,35). The smallest absolute Gasteiger partial charge is 0.323 e. The predicted octanol–water partition coefficient (Wildman–Crippen LogP) is 4.77. The number of urea groups is 1. The largest absolute Gasteiger partial charge is 0.495 e. The number of anilines is 2. The van der Waals surface area contributed by atoms with Gasteiger partial charge in [-0.3, -0.25) is 9.59 Å². The fourth-order valence-electron chi connectivity index (χ4n) is 3.69. The van der Waals surface area contributed by atoms with Crippen LogP contribution in [0.1, 0.15) is 29.2 Å².